The largest absolute Gasteiger partial charge is 0.507 e. The molecule has 0 spiro atoms. The highest BCUT2D eigenvalue weighted by atomic mass is 16.4. The number of aromatic hydroxyl groups is 1. The van der Waals surface area contributed by atoms with Crippen molar-refractivity contribution in [2.24, 2.45) is 5.16 Å². The Labute approximate surface area is 160 Å². The molecule has 3 heteroatoms. The van der Waals surface area contributed by atoms with E-state index in [0.29, 0.717) is 11.3 Å². The first-order valence-electron chi connectivity index (χ1n) is 10.7. The number of phenols is 1. The predicted octanol–water partition coefficient (Wildman–Crippen LogP) is 7.22. The maximum absolute atomic E-state index is 10.0. The summed E-state index contributed by atoms with van der Waals surface area (Å²) in [6.45, 7) is 3.95. The van der Waals surface area contributed by atoms with Crippen molar-refractivity contribution in [1.29, 1.82) is 0 Å². The molecule has 26 heavy (non-hydrogen) atoms. The zero-order chi connectivity index (χ0) is 19.0. The van der Waals surface area contributed by atoms with Crippen LogP contribution in [0, 0.1) is 0 Å². The van der Waals surface area contributed by atoms with Crippen molar-refractivity contribution < 1.29 is 10.3 Å². The van der Waals surface area contributed by atoms with Crippen LogP contribution in [-0.2, 0) is 6.42 Å². The minimum atomic E-state index is 0.201. The number of rotatable bonds is 15. The summed E-state index contributed by atoms with van der Waals surface area (Å²) in [6, 6.07) is 5.65. The lowest BCUT2D eigenvalue weighted by Crippen LogP contribution is -1.96. The van der Waals surface area contributed by atoms with E-state index in [-0.39, 0.29) is 5.75 Å². The van der Waals surface area contributed by atoms with E-state index in [1.165, 1.54) is 83.5 Å². The molecule has 0 atom stereocenters. The molecule has 1 rings (SSSR count). The number of unbranched alkanes of at least 4 members (excludes halogenated alkanes) is 12. The summed E-state index contributed by atoms with van der Waals surface area (Å²) in [5.74, 6) is 0.201. The number of oxime groups is 1. The van der Waals surface area contributed by atoms with Crippen LogP contribution in [0.25, 0.3) is 0 Å². The fourth-order valence-electron chi connectivity index (χ4n) is 3.44. The topological polar surface area (TPSA) is 52.8 Å². The molecule has 1 aromatic rings. The third kappa shape index (κ3) is 9.84. The summed E-state index contributed by atoms with van der Waals surface area (Å²) in [5.41, 5.74) is 2.19. The highest BCUT2D eigenvalue weighted by Gasteiger charge is 2.06. The number of hydrogen-bond donors (Lipinski definition) is 2. The first kappa shape index (κ1) is 22.5. The lowest BCUT2D eigenvalue weighted by atomic mass is 10.0. The number of aryl methyl sites for hydroxylation is 1. The molecule has 0 aliphatic carbocycles. The SMILES string of the molecule is CCCCCCCCCCCCCCCc1ccc(/C(C)=N/O)c(O)c1. The lowest BCUT2D eigenvalue weighted by Gasteiger charge is -2.07. The van der Waals surface area contributed by atoms with Crippen LogP contribution in [0.3, 0.4) is 0 Å². The Balaban J connectivity index is 2.00. The third-order valence-electron chi connectivity index (χ3n) is 5.17. The van der Waals surface area contributed by atoms with Gasteiger partial charge in [0.25, 0.3) is 0 Å². The van der Waals surface area contributed by atoms with Gasteiger partial charge in [0.2, 0.25) is 0 Å². The summed E-state index contributed by atoms with van der Waals surface area (Å²) in [5, 5.41) is 21.9. The normalized spacial score (nSPS) is 11.8. The van der Waals surface area contributed by atoms with Gasteiger partial charge in [0.1, 0.15) is 5.75 Å². The molecular formula is C23H39NO2. The Kier molecular flexibility index (Phi) is 12.7. The summed E-state index contributed by atoms with van der Waals surface area (Å²) in [6.07, 6.45) is 18.7. The van der Waals surface area contributed by atoms with Gasteiger partial charge in [-0.2, -0.15) is 0 Å². The Hall–Kier alpha value is -1.51. The van der Waals surface area contributed by atoms with Crippen LogP contribution < -0.4 is 0 Å². The summed E-state index contributed by atoms with van der Waals surface area (Å²) < 4.78 is 0. The van der Waals surface area contributed by atoms with Crippen molar-refractivity contribution in [2.45, 2.75) is 104 Å². The van der Waals surface area contributed by atoms with Gasteiger partial charge in [-0.1, -0.05) is 95.2 Å². The third-order valence-corrected chi connectivity index (χ3v) is 5.17. The Morgan fingerprint density at radius 2 is 1.31 bits per heavy atom. The van der Waals surface area contributed by atoms with Crippen LogP contribution in [0.5, 0.6) is 5.75 Å². The summed E-state index contributed by atoms with van der Waals surface area (Å²) in [7, 11) is 0. The van der Waals surface area contributed by atoms with Crippen molar-refractivity contribution in [3.8, 4) is 5.75 Å². The molecule has 0 saturated carbocycles. The minimum Gasteiger partial charge on any atom is -0.507 e. The molecular weight excluding hydrogens is 322 g/mol. The quantitative estimate of drug-likeness (QED) is 0.150. The molecule has 0 aliphatic rings. The second-order valence-corrected chi connectivity index (χ2v) is 7.53. The van der Waals surface area contributed by atoms with Crippen LogP contribution >= 0.6 is 0 Å². The Morgan fingerprint density at radius 3 is 1.77 bits per heavy atom. The molecule has 0 amide bonds. The average Bonchev–Trinajstić information content (AvgIpc) is 2.65. The van der Waals surface area contributed by atoms with Crippen molar-refractivity contribution in [2.75, 3.05) is 0 Å². The molecule has 148 valence electrons. The van der Waals surface area contributed by atoms with Gasteiger partial charge in [0.15, 0.2) is 0 Å². The van der Waals surface area contributed by atoms with Crippen molar-refractivity contribution in [3.05, 3.63) is 29.3 Å². The maximum Gasteiger partial charge on any atom is 0.125 e. The molecule has 0 unspecified atom stereocenters. The molecule has 0 bridgehead atoms. The second kappa shape index (κ2) is 14.6. The smallest absolute Gasteiger partial charge is 0.125 e. The highest BCUT2D eigenvalue weighted by molar-refractivity contribution is 6.00. The van der Waals surface area contributed by atoms with Crippen LogP contribution in [0.15, 0.2) is 23.4 Å². The van der Waals surface area contributed by atoms with E-state index < -0.39 is 0 Å². The van der Waals surface area contributed by atoms with E-state index in [2.05, 4.69) is 12.1 Å². The fourth-order valence-corrected chi connectivity index (χ4v) is 3.44. The molecule has 3 nitrogen and oxygen atoms in total. The highest BCUT2D eigenvalue weighted by Crippen LogP contribution is 2.21. The van der Waals surface area contributed by atoms with Gasteiger partial charge < -0.3 is 10.3 Å². The Morgan fingerprint density at radius 1 is 0.808 bits per heavy atom. The van der Waals surface area contributed by atoms with Gasteiger partial charge in [-0.25, -0.2) is 0 Å². The molecule has 0 fully saturated rings. The molecule has 0 aromatic heterocycles. The van der Waals surface area contributed by atoms with Gasteiger partial charge >= 0.3 is 0 Å². The van der Waals surface area contributed by atoms with Crippen molar-refractivity contribution in [3.63, 3.8) is 0 Å². The summed E-state index contributed by atoms with van der Waals surface area (Å²) >= 11 is 0. The molecule has 0 heterocycles. The van der Waals surface area contributed by atoms with Crippen LogP contribution in [0.1, 0.15) is 108 Å². The van der Waals surface area contributed by atoms with Gasteiger partial charge in [-0.05, 0) is 37.5 Å². The molecule has 2 N–H and O–H groups in total. The fraction of sp³-hybridized carbons (Fsp3) is 0.696. The zero-order valence-corrected chi connectivity index (χ0v) is 17.0. The second-order valence-electron chi connectivity index (χ2n) is 7.53. The van der Waals surface area contributed by atoms with E-state index in [0.717, 1.165) is 12.0 Å². The van der Waals surface area contributed by atoms with Crippen LogP contribution in [-0.4, -0.2) is 16.0 Å². The van der Waals surface area contributed by atoms with E-state index in [1.807, 2.05) is 12.1 Å². The monoisotopic (exact) mass is 361 g/mol. The first-order chi connectivity index (χ1) is 12.7. The van der Waals surface area contributed by atoms with Gasteiger partial charge in [-0.3, -0.25) is 0 Å². The number of phenolic OH excluding ortho intramolecular Hbond substituents is 1. The molecule has 0 saturated heterocycles. The van der Waals surface area contributed by atoms with Crippen molar-refractivity contribution >= 4 is 5.71 Å². The summed E-state index contributed by atoms with van der Waals surface area (Å²) in [4.78, 5) is 0. The minimum absolute atomic E-state index is 0.201. The predicted molar refractivity (Wildman–Crippen MR) is 112 cm³/mol. The number of hydrogen-bond acceptors (Lipinski definition) is 3. The first-order valence-corrected chi connectivity index (χ1v) is 10.7. The Bertz CT molecular complexity index is 511. The van der Waals surface area contributed by atoms with Gasteiger partial charge in [0.05, 0.1) is 5.71 Å². The van der Waals surface area contributed by atoms with Crippen molar-refractivity contribution in [1.82, 2.24) is 0 Å². The number of benzene rings is 1. The standard InChI is InChI=1S/C23H39NO2/c1-3-4-5-6-7-8-9-10-11-12-13-14-15-16-21-17-18-22(20(2)24-26)23(25)19-21/h17-19,25-26H,3-16H2,1-2H3/b24-20+. The van der Waals surface area contributed by atoms with Gasteiger partial charge in [-0.15, -0.1) is 0 Å². The van der Waals surface area contributed by atoms with E-state index >= 15 is 0 Å². The van der Waals surface area contributed by atoms with Crippen LogP contribution in [0.4, 0.5) is 0 Å². The molecule has 0 aliphatic heterocycles. The molecule has 1 aromatic carbocycles. The van der Waals surface area contributed by atoms with E-state index in [1.54, 1.807) is 13.0 Å². The van der Waals surface area contributed by atoms with E-state index in [4.69, 9.17) is 5.21 Å². The molecule has 0 radical (unpaired) electrons. The maximum atomic E-state index is 10.0. The average molecular weight is 362 g/mol. The zero-order valence-electron chi connectivity index (χ0n) is 17.0. The van der Waals surface area contributed by atoms with Crippen LogP contribution in [0.2, 0.25) is 0 Å². The van der Waals surface area contributed by atoms with Gasteiger partial charge in [0, 0.05) is 5.56 Å². The number of nitrogens with zero attached hydrogens (tertiary/aromatic N) is 1. The lowest BCUT2D eigenvalue weighted by molar-refractivity contribution is 0.318. The van der Waals surface area contributed by atoms with E-state index in [9.17, 15) is 5.11 Å².